The van der Waals surface area contributed by atoms with Crippen molar-refractivity contribution in [3.05, 3.63) is 265 Å². The lowest BCUT2D eigenvalue weighted by atomic mass is 9.81. The third-order valence-electron chi connectivity index (χ3n) is 16.3. The van der Waals surface area contributed by atoms with Crippen LogP contribution in [0.3, 0.4) is 0 Å². The molecule has 2 aromatic heterocycles. The van der Waals surface area contributed by atoms with Crippen LogP contribution < -0.4 is 9.80 Å². The highest BCUT2D eigenvalue weighted by Crippen LogP contribution is 2.53. The molecule has 14 aromatic rings. The lowest BCUT2D eigenvalue weighted by Gasteiger charge is -2.27. The van der Waals surface area contributed by atoms with Crippen LogP contribution in [0.4, 0.5) is 34.1 Å². The normalized spacial score (nSPS) is 12.8. The fourth-order valence-electron chi connectivity index (χ4n) is 12.4. The second kappa shape index (κ2) is 17.2. The second-order valence-electron chi connectivity index (χ2n) is 21.4. The van der Waals surface area contributed by atoms with E-state index >= 15 is 0 Å². The number of aryl methyl sites for hydroxylation is 2. The molecule has 15 rings (SSSR count). The largest absolute Gasteiger partial charge is 0.453 e. The molecule has 0 spiro atoms. The molecule has 0 aliphatic heterocycles. The Labute approximate surface area is 447 Å². The highest BCUT2D eigenvalue weighted by Gasteiger charge is 2.36. The summed E-state index contributed by atoms with van der Waals surface area (Å²) >= 11 is 0. The van der Waals surface area contributed by atoms with E-state index in [0.717, 1.165) is 100 Å². The summed E-state index contributed by atoms with van der Waals surface area (Å²) in [5.74, 6) is 0. The molecule has 0 fully saturated rings. The van der Waals surface area contributed by atoms with Crippen LogP contribution in [0.1, 0.15) is 36.1 Å². The Morgan fingerprint density at radius 2 is 0.675 bits per heavy atom. The number of furan rings is 2. The first-order valence-electron chi connectivity index (χ1n) is 26.6. The quantitative estimate of drug-likeness (QED) is 0.152. The molecule has 0 atom stereocenters. The Hall–Kier alpha value is -9.64. The number of fused-ring (bicyclic) bond motifs is 11. The van der Waals surface area contributed by atoms with Crippen LogP contribution in [-0.2, 0) is 5.41 Å². The van der Waals surface area contributed by atoms with Gasteiger partial charge in [-0.25, -0.2) is 0 Å². The van der Waals surface area contributed by atoms with Gasteiger partial charge in [0.1, 0.15) is 11.2 Å². The van der Waals surface area contributed by atoms with E-state index < -0.39 is 0 Å². The number of rotatable bonds is 8. The van der Waals surface area contributed by atoms with Crippen molar-refractivity contribution in [2.24, 2.45) is 0 Å². The van der Waals surface area contributed by atoms with E-state index in [-0.39, 0.29) is 5.41 Å². The number of benzene rings is 12. The van der Waals surface area contributed by atoms with Crippen LogP contribution in [-0.4, -0.2) is 0 Å². The molecule has 0 saturated carbocycles. The standard InChI is InChI=1S/C73H52N2O2/c1-45-27-33-53(34-28-45)74(67-25-13-23-61-59-21-11-19-57(69(59)76-71(61)67)47-15-7-5-8-16-47)55-37-31-49-41-63-64-42-50-32-38-56(40-52(50)44-66(64)73(3,4)65(63)43-51(49)39-55)75(54-35-29-46(2)30-36-54)68-26-14-24-62-60-22-12-20-58(70(60)77-72(62)68)48-17-9-6-10-18-48/h5-44H,1-4H3. The smallest absolute Gasteiger partial charge is 0.159 e. The molecule has 0 unspecified atom stereocenters. The number of anilines is 6. The van der Waals surface area contributed by atoms with Crippen LogP contribution in [0.5, 0.6) is 0 Å². The molecule has 0 radical (unpaired) electrons. The van der Waals surface area contributed by atoms with E-state index in [1.807, 2.05) is 0 Å². The van der Waals surface area contributed by atoms with Crippen LogP contribution in [0.25, 0.3) is 98.8 Å². The van der Waals surface area contributed by atoms with Crippen LogP contribution >= 0.6 is 0 Å². The first-order valence-corrected chi connectivity index (χ1v) is 26.6. The van der Waals surface area contributed by atoms with Crippen molar-refractivity contribution in [1.82, 2.24) is 0 Å². The Morgan fingerprint density at radius 3 is 1.09 bits per heavy atom. The topological polar surface area (TPSA) is 32.8 Å². The van der Waals surface area contributed by atoms with E-state index in [4.69, 9.17) is 8.83 Å². The molecule has 2 heterocycles. The zero-order valence-corrected chi connectivity index (χ0v) is 43.3. The zero-order chi connectivity index (χ0) is 51.5. The summed E-state index contributed by atoms with van der Waals surface area (Å²) in [4.78, 5) is 4.72. The fraction of sp³-hybridized carbons (Fsp3) is 0.0685. The van der Waals surface area contributed by atoms with E-state index in [9.17, 15) is 0 Å². The summed E-state index contributed by atoms with van der Waals surface area (Å²) in [6.45, 7) is 9.06. The van der Waals surface area contributed by atoms with Crippen molar-refractivity contribution in [3.63, 3.8) is 0 Å². The molecule has 12 aromatic carbocycles. The van der Waals surface area contributed by atoms with Gasteiger partial charge in [-0.1, -0.05) is 183 Å². The van der Waals surface area contributed by atoms with Crippen LogP contribution in [0, 0.1) is 13.8 Å². The van der Waals surface area contributed by atoms with Crippen molar-refractivity contribution >= 4 is 99.5 Å². The van der Waals surface area contributed by atoms with E-state index in [1.54, 1.807) is 0 Å². The van der Waals surface area contributed by atoms with Gasteiger partial charge < -0.3 is 18.6 Å². The molecule has 4 nitrogen and oxygen atoms in total. The highest BCUT2D eigenvalue weighted by atomic mass is 16.3. The van der Waals surface area contributed by atoms with Gasteiger partial charge in [0.15, 0.2) is 11.2 Å². The van der Waals surface area contributed by atoms with Crippen molar-refractivity contribution in [1.29, 1.82) is 0 Å². The maximum Gasteiger partial charge on any atom is 0.159 e. The molecule has 4 heteroatoms. The first-order chi connectivity index (χ1) is 37.7. The molecule has 0 saturated heterocycles. The summed E-state index contributed by atoms with van der Waals surface area (Å²) in [5.41, 5.74) is 21.6. The summed E-state index contributed by atoms with van der Waals surface area (Å²) in [6, 6.07) is 88.3. The minimum absolute atomic E-state index is 0.265. The summed E-state index contributed by atoms with van der Waals surface area (Å²) in [7, 11) is 0. The summed E-state index contributed by atoms with van der Waals surface area (Å²) in [6.07, 6.45) is 0. The van der Waals surface area contributed by atoms with Gasteiger partial charge in [0.05, 0.1) is 11.4 Å². The Kier molecular flexibility index (Phi) is 10.0. The molecule has 0 bridgehead atoms. The monoisotopic (exact) mass is 988 g/mol. The third-order valence-corrected chi connectivity index (χ3v) is 16.3. The SMILES string of the molecule is Cc1ccc(N(c2ccc3cc4c(cc3c2)C(C)(C)c2cc3cc(N(c5ccc(C)cc5)c5cccc6c5oc5c(-c7ccccc7)cccc56)ccc3cc2-4)c2cccc3c2oc2c(-c4ccccc4)cccc23)cc1. The average molecular weight is 989 g/mol. The lowest BCUT2D eigenvalue weighted by molar-refractivity contribution is 0.662. The van der Waals surface area contributed by atoms with E-state index in [2.05, 4.69) is 280 Å². The molecule has 77 heavy (non-hydrogen) atoms. The third kappa shape index (κ3) is 7.13. The van der Waals surface area contributed by atoms with E-state index in [0.29, 0.717) is 0 Å². The van der Waals surface area contributed by atoms with Crippen molar-refractivity contribution in [2.45, 2.75) is 33.1 Å². The Balaban J connectivity index is 0.842. The average Bonchev–Trinajstić information content (AvgIpc) is 4.30. The van der Waals surface area contributed by atoms with Gasteiger partial charge in [-0.05, 0) is 154 Å². The molecular formula is C73H52N2O2. The number of para-hydroxylation sites is 4. The van der Waals surface area contributed by atoms with Gasteiger partial charge in [-0.3, -0.25) is 0 Å². The molecule has 0 amide bonds. The maximum absolute atomic E-state index is 7.03. The minimum atomic E-state index is -0.265. The Bertz CT molecular complexity index is 4360. The Morgan fingerprint density at radius 1 is 0.299 bits per heavy atom. The van der Waals surface area contributed by atoms with Gasteiger partial charge in [-0.15, -0.1) is 0 Å². The van der Waals surface area contributed by atoms with E-state index in [1.165, 1.54) is 54.9 Å². The molecule has 1 aliphatic rings. The number of hydrogen-bond donors (Lipinski definition) is 0. The zero-order valence-electron chi connectivity index (χ0n) is 43.3. The van der Waals surface area contributed by atoms with Crippen LogP contribution in [0.2, 0.25) is 0 Å². The highest BCUT2D eigenvalue weighted by molar-refractivity contribution is 6.15. The fourth-order valence-corrected chi connectivity index (χ4v) is 12.4. The number of nitrogens with zero attached hydrogens (tertiary/aromatic N) is 2. The predicted octanol–water partition coefficient (Wildman–Crippen LogP) is 21.0. The van der Waals surface area contributed by atoms with Gasteiger partial charge >= 0.3 is 0 Å². The predicted molar refractivity (Wildman–Crippen MR) is 323 cm³/mol. The molecule has 1 aliphatic carbocycles. The summed E-state index contributed by atoms with van der Waals surface area (Å²) < 4.78 is 14.1. The molecule has 366 valence electrons. The number of hydrogen-bond acceptors (Lipinski definition) is 4. The lowest BCUT2D eigenvalue weighted by Crippen LogP contribution is -2.15. The van der Waals surface area contributed by atoms with Gasteiger partial charge in [0, 0.05) is 60.8 Å². The van der Waals surface area contributed by atoms with Crippen LogP contribution in [0.15, 0.2) is 251 Å². The van der Waals surface area contributed by atoms with Gasteiger partial charge in [-0.2, -0.15) is 0 Å². The minimum Gasteiger partial charge on any atom is -0.453 e. The van der Waals surface area contributed by atoms with Crippen molar-refractivity contribution in [2.75, 3.05) is 9.80 Å². The summed E-state index contributed by atoms with van der Waals surface area (Å²) in [5, 5.41) is 9.19. The maximum atomic E-state index is 7.03. The van der Waals surface area contributed by atoms with Crippen molar-refractivity contribution in [3.8, 4) is 33.4 Å². The molecular weight excluding hydrogens is 937 g/mol. The van der Waals surface area contributed by atoms with Gasteiger partial charge in [0.2, 0.25) is 0 Å². The first kappa shape index (κ1) is 44.8. The second-order valence-corrected chi connectivity index (χ2v) is 21.4. The van der Waals surface area contributed by atoms with Gasteiger partial charge in [0.25, 0.3) is 0 Å². The van der Waals surface area contributed by atoms with Crippen molar-refractivity contribution < 1.29 is 8.83 Å². The molecule has 0 N–H and O–H groups in total.